The lowest BCUT2D eigenvalue weighted by Crippen LogP contribution is -2.16. The van der Waals surface area contributed by atoms with Crippen molar-refractivity contribution < 1.29 is 26.1 Å². The zero-order chi connectivity index (χ0) is 20.4. The summed E-state index contributed by atoms with van der Waals surface area (Å²) in [5, 5.41) is 3.82. The van der Waals surface area contributed by atoms with Crippen LogP contribution in [0.2, 0.25) is 0 Å². The van der Waals surface area contributed by atoms with E-state index in [4.69, 9.17) is 8.94 Å². The van der Waals surface area contributed by atoms with Gasteiger partial charge in [0.05, 0.1) is 18.4 Å². The highest BCUT2D eigenvalue weighted by atomic mass is 32.2. The summed E-state index contributed by atoms with van der Waals surface area (Å²) in [4.78, 5) is 3.42. The van der Waals surface area contributed by atoms with Crippen LogP contribution in [0.15, 0.2) is 74.7 Å². The van der Waals surface area contributed by atoms with E-state index >= 15 is 0 Å². The number of nitrogens with zero attached hydrogens (tertiary/aromatic N) is 2. The van der Waals surface area contributed by atoms with Crippen LogP contribution < -0.4 is 4.72 Å². The third-order valence-corrected chi connectivity index (χ3v) is 5.38. The molecule has 1 N–H and O–H groups in total. The molecule has 0 atom stereocenters. The minimum atomic E-state index is -4.36. The quantitative estimate of drug-likeness (QED) is 0.509. The minimum Gasteiger partial charge on any atom is -0.461 e. The van der Waals surface area contributed by atoms with Crippen LogP contribution in [0.25, 0.3) is 11.6 Å². The van der Waals surface area contributed by atoms with Crippen LogP contribution in [-0.2, 0) is 16.4 Å². The molecule has 4 aromatic rings. The van der Waals surface area contributed by atoms with E-state index in [1.807, 2.05) is 0 Å². The van der Waals surface area contributed by atoms with Crippen molar-refractivity contribution in [3.05, 3.63) is 83.9 Å². The Morgan fingerprint density at radius 1 is 1.03 bits per heavy atom. The van der Waals surface area contributed by atoms with E-state index in [9.17, 15) is 17.2 Å². The molecule has 2 aromatic carbocycles. The Balaban J connectivity index is 1.61. The van der Waals surface area contributed by atoms with Gasteiger partial charge in [0.2, 0.25) is 11.7 Å². The molecule has 0 bridgehead atoms. The monoisotopic (exact) mass is 417 g/mol. The van der Waals surface area contributed by atoms with Gasteiger partial charge in [-0.2, -0.15) is 4.98 Å². The van der Waals surface area contributed by atoms with Crippen molar-refractivity contribution >= 4 is 15.7 Å². The van der Waals surface area contributed by atoms with Crippen LogP contribution in [0.4, 0.5) is 14.5 Å². The zero-order valence-electron chi connectivity index (χ0n) is 14.7. The maximum Gasteiger partial charge on any atom is 0.264 e. The standard InChI is InChI=1S/C19H13F2N3O4S/c20-13-7-8-14(21)17(11-13)29(25,26)24-15-5-2-1-4-12(15)10-18-22-19(23-28-18)16-6-3-9-27-16/h1-9,11,24H,10H2. The molecule has 10 heteroatoms. The van der Waals surface area contributed by atoms with E-state index in [0.717, 1.165) is 12.1 Å². The van der Waals surface area contributed by atoms with E-state index in [-0.39, 0.29) is 23.8 Å². The first kappa shape index (κ1) is 18.8. The van der Waals surface area contributed by atoms with Crippen LogP contribution in [-0.4, -0.2) is 18.6 Å². The van der Waals surface area contributed by atoms with Gasteiger partial charge in [-0.25, -0.2) is 17.2 Å². The molecule has 0 aliphatic rings. The Morgan fingerprint density at radius 2 is 1.86 bits per heavy atom. The predicted octanol–water partition coefficient (Wildman–Crippen LogP) is 4.00. The van der Waals surface area contributed by atoms with Gasteiger partial charge in [0.1, 0.15) is 16.5 Å². The maximum absolute atomic E-state index is 13.9. The number of furan rings is 1. The van der Waals surface area contributed by atoms with Crippen molar-refractivity contribution in [3.8, 4) is 11.6 Å². The number of sulfonamides is 1. The number of benzene rings is 2. The van der Waals surface area contributed by atoms with Crippen molar-refractivity contribution in [2.75, 3.05) is 4.72 Å². The lowest BCUT2D eigenvalue weighted by Gasteiger charge is -2.12. The summed E-state index contributed by atoms with van der Waals surface area (Å²) < 4.78 is 65.1. The first-order valence-electron chi connectivity index (χ1n) is 8.34. The highest BCUT2D eigenvalue weighted by Crippen LogP contribution is 2.25. The van der Waals surface area contributed by atoms with E-state index in [2.05, 4.69) is 14.9 Å². The molecule has 148 valence electrons. The van der Waals surface area contributed by atoms with Crippen LogP contribution >= 0.6 is 0 Å². The summed E-state index contributed by atoms with van der Waals surface area (Å²) in [6.45, 7) is 0. The Hall–Kier alpha value is -3.53. The molecule has 0 saturated carbocycles. The van der Waals surface area contributed by atoms with E-state index in [0.29, 0.717) is 17.4 Å². The number of hydrogen-bond donors (Lipinski definition) is 1. The molecule has 2 heterocycles. The number of nitrogens with one attached hydrogen (secondary N) is 1. The summed E-state index contributed by atoms with van der Waals surface area (Å²) >= 11 is 0. The number of halogens is 2. The molecule has 0 amide bonds. The van der Waals surface area contributed by atoms with Gasteiger partial charge in [0, 0.05) is 0 Å². The number of aromatic nitrogens is 2. The highest BCUT2D eigenvalue weighted by Gasteiger charge is 2.22. The molecule has 0 spiro atoms. The summed E-state index contributed by atoms with van der Waals surface area (Å²) in [6, 6.07) is 12.0. The van der Waals surface area contributed by atoms with Crippen molar-refractivity contribution in [1.29, 1.82) is 0 Å². The number of hydrogen-bond acceptors (Lipinski definition) is 6. The number of rotatable bonds is 6. The molecule has 0 aliphatic carbocycles. The Kier molecular flexibility index (Phi) is 4.85. The molecule has 0 aliphatic heterocycles. The molecule has 0 saturated heterocycles. The summed E-state index contributed by atoms with van der Waals surface area (Å²) in [6.07, 6.45) is 1.58. The molecular weight excluding hydrogens is 404 g/mol. The summed E-state index contributed by atoms with van der Waals surface area (Å²) in [5.41, 5.74) is 0.677. The third-order valence-electron chi connectivity index (χ3n) is 4.00. The number of anilines is 1. The second-order valence-electron chi connectivity index (χ2n) is 6.00. The first-order valence-corrected chi connectivity index (χ1v) is 9.83. The normalized spacial score (nSPS) is 11.5. The maximum atomic E-state index is 13.9. The van der Waals surface area contributed by atoms with Gasteiger partial charge in [0.15, 0.2) is 5.76 Å². The fourth-order valence-electron chi connectivity index (χ4n) is 2.65. The summed E-state index contributed by atoms with van der Waals surface area (Å²) in [7, 11) is -4.36. The van der Waals surface area contributed by atoms with E-state index < -0.39 is 26.6 Å². The Bertz CT molecular complexity index is 1250. The highest BCUT2D eigenvalue weighted by molar-refractivity contribution is 7.92. The Labute approximate surface area is 164 Å². The second kappa shape index (κ2) is 7.47. The van der Waals surface area contributed by atoms with Gasteiger partial charge in [-0.15, -0.1) is 0 Å². The average molecular weight is 417 g/mol. The summed E-state index contributed by atoms with van der Waals surface area (Å²) in [5.74, 6) is -1.02. The van der Waals surface area contributed by atoms with E-state index in [1.165, 1.54) is 12.3 Å². The van der Waals surface area contributed by atoms with Crippen molar-refractivity contribution in [2.24, 2.45) is 0 Å². The average Bonchev–Trinajstić information content (AvgIpc) is 3.37. The van der Waals surface area contributed by atoms with Gasteiger partial charge in [-0.3, -0.25) is 4.72 Å². The Morgan fingerprint density at radius 3 is 2.66 bits per heavy atom. The number of para-hydroxylation sites is 1. The minimum absolute atomic E-state index is 0.109. The van der Waals surface area contributed by atoms with Crippen molar-refractivity contribution in [3.63, 3.8) is 0 Å². The fraction of sp³-hybridized carbons (Fsp3) is 0.0526. The van der Waals surface area contributed by atoms with Gasteiger partial charge in [-0.1, -0.05) is 23.4 Å². The van der Waals surface area contributed by atoms with Gasteiger partial charge in [-0.05, 0) is 42.0 Å². The van der Waals surface area contributed by atoms with Crippen LogP contribution in [0.3, 0.4) is 0 Å². The van der Waals surface area contributed by atoms with Gasteiger partial charge < -0.3 is 8.94 Å². The molecule has 4 rings (SSSR count). The van der Waals surface area contributed by atoms with E-state index in [1.54, 1.807) is 30.3 Å². The third kappa shape index (κ3) is 4.02. The lowest BCUT2D eigenvalue weighted by molar-refractivity contribution is 0.384. The topological polar surface area (TPSA) is 98.2 Å². The fourth-order valence-corrected chi connectivity index (χ4v) is 3.84. The molecule has 0 fully saturated rings. The van der Waals surface area contributed by atoms with Crippen LogP contribution in [0.1, 0.15) is 11.5 Å². The lowest BCUT2D eigenvalue weighted by atomic mass is 10.1. The van der Waals surface area contributed by atoms with Crippen LogP contribution in [0.5, 0.6) is 0 Å². The molecule has 0 radical (unpaired) electrons. The van der Waals surface area contributed by atoms with Crippen LogP contribution in [0, 0.1) is 11.6 Å². The molecule has 0 unspecified atom stereocenters. The SMILES string of the molecule is O=S(=O)(Nc1ccccc1Cc1nc(-c2ccco2)no1)c1cc(F)ccc1F. The molecule has 29 heavy (non-hydrogen) atoms. The first-order chi connectivity index (χ1) is 13.9. The second-order valence-corrected chi connectivity index (χ2v) is 7.65. The largest absolute Gasteiger partial charge is 0.461 e. The zero-order valence-corrected chi connectivity index (χ0v) is 15.5. The molecule has 2 aromatic heterocycles. The van der Waals surface area contributed by atoms with Gasteiger partial charge >= 0.3 is 0 Å². The molecular formula is C19H13F2N3O4S. The van der Waals surface area contributed by atoms with Crippen molar-refractivity contribution in [2.45, 2.75) is 11.3 Å². The predicted molar refractivity (Wildman–Crippen MR) is 98.4 cm³/mol. The van der Waals surface area contributed by atoms with Crippen molar-refractivity contribution in [1.82, 2.24) is 10.1 Å². The molecule has 7 nitrogen and oxygen atoms in total. The van der Waals surface area contributed by atoms with Gasteiger partial charge in [0.25, 0.3) is 10.0 Å². The smallest absolute Gasteiger partial charge is 0.264 e.